The molecule has 0 N–H and O–H groups in total. The maximum absolute atomic E-state index is 13.6. The number of nitrogens with zero attached hydrogens (tertiary/aromatic N) is 3. The van der Waals surface area contributed by atoms with Crippen LogP contribution in [0.1, 0.15) is 22.3 Å². The van der Waals surface area contributed by atoms with Crippen LogP contribution in [0.4, 0.5) is 5.69 Å². The van der Waals surface area contributed by atoms with Crippen LogP contribution < -0.4 is 0 Å². The van der Waals surface area contributed by atoms with Gasteiger partial charge in [-0.1, -0.05) is 48.0 Å². The molecular formula is C23H18ClN3O5. The number of carbonyl (C=O) groups excluding carboxylic acids is 3. The van der Waals surface area contributed by atoms with Gasteiger partial charge < -0.3 is 0 Å². The largest absolute Gasteiger partial charge is 0.282 e. The summed E-state index contributed by atoms with van der Waals surface area (Å²) in [7, 11) is 0. The van der Waals surface area contributed by atoms with E-state index in [1.807, 2.05) is 12.2 Å². The number of halogens is 1. The third-order valence-electron chi connectivity index (χ3n) is 6.50. The minimum atomic E-state index is -0.783. The highest BCUT2D eigenvalue weighted by Gasteiger charge is 2.61. The second-order valence-electron chi connectivity index (χ2n) is 8.25. The predicted molar refractivity (Wildman–Crippen MR) is 114 cm³/mol. The first-order valence-electron chi connectivity index (χ1n) is 10.2. The van der Waals surface area contributed by atoms with E-state index in [0.717, 1.165) is 16.4 Å². The SMILES string of the molecule is O=C(c1ccccc1[N+](=O)[O-])N(Cc1ccc(Cl)cc1)N1C(=O)[C@H]2[C@H](C1=O)[C@H]1C=C[C@H]2C1. The van der Waals surface area contributed by atoms with Gasteiger partial charge >= 0.3 is 0 Å². The minimum absolute atomic E-state index is 0.0232. The van der Waals surface area contributed by atoms with Crippen LogP contribution in [-0.4, -0.2) is 32.7 Å². The molecular weight excluding hydrogens is 434 g/mol. The fourth-order valence-electron chi connectivity index (χ4n) is 5.07. The van der Waals surface area contributed by atoms with Gasteiger partial charge in [0.1, 0.15) is 5.56 Å². The van der Waals surface area contributed by atoms with Crippen molar-refractivity contribution in [3.63, 3.8) is 0 Å². The van der Waals surface area contributed by atoms with Crippen LogP contribution in [0.3, 0.4) is 0 Å². The zero-order chi connectivity index (χ0) is 22.6. The van der Waals surface area contributed by atoms with E-state index in [2.05, 4.69) is 0 Å². The Morgan fingerprint density at radius 1 is 1.03 bits per heavy atom. The summed E-state index contributed by atoms with van der Waals surface area (Å²) in [5.41, 5.74) is 0.0462. The van der Waals surface area contributed by atoms with Gasteiger partial charge in [-0.2, -0.15) is 5.01 Å². The molecule has 1 heterocycles. The normalized spacial score (nSPS) is 25.3. The second-order valence-corrected chi connectivity index (χ2v) is 8.69. The summed E-state index contributed by atoms with van der Waals surface area (Å²) in [5, 5.41) is 14.0. The minimum Gasteiger partial charge on any atom is -0.272 e. The number of fused-ring (bicyclic) bond motifs is 5. The van der Waals surface area contributed by atoms with Crippen molar-refractivity contribution in [3.05, 3.63) is 86.9 Å². The molecule has 4 atom stereocenters. The van der Waals surface area contributed by atoms with Crippen molar-refractivity contribution in [2.75, 3.05) is 0 Å². The van der Waals surface area contributed by atoms with Crippen LogP contribution in [0.25, 0.3) is 0 Å². The first-order chi connectivity index (χ1) is 15.4. The Bertz CT molecular complexity index is 1150. The van der Waals surface area contributed by atoms with E-state index in [9.17, 15) is 24.5 Å². The highest BCUT2D eigenvalue weighted by atomic mass is 35.5. The van der Waals surface area contributed by atoms with E-state index in [1.165, 1.54) is 24.3 Å². The second kappa shape index (κ2) is 7.56. The predicted octanol–water partition coefficient (Wildman–Crippen LogP) is 3.61. The van der Waals surface area contributed by atoms with Crippen molar-refractivity contribution in [2.24, 2.45) is 23.7 Å². The molecule has 32 heavy (non-hydrogen) atoms. The van der Waals surface area contributed by atoms with Crippen LogP contribution in [-0.2, 0) is 16.1 Å². The number of carbonyl (C=O) groups is 3. The van der Waals surface area contributed by atoms with Crippen LogP contribution >= 0.6 is 11.6 Å². The Balaban J connectivity index is 1.56. The highest BCUT2D eigenvalue weighted by Crippen LogP contribution is 2.53. The number of hydrogen-bond acceptors (Lipinski definition) is 5. The number of imide groups is 1. The van der Waals surface area contributed by atoms with Crippen LogP contribution in [0.2, 0.25) is 5.02 Å². The van der Waals surface area contributed by atoms with E-state index in [0.29, 0.717) is 10.6 Å². The van der Waals surface area contributed by atoms with Gasteiger partial charge in [-0.3, -0.25) is 24.5 Å². The molecule has 0 aromatic heterocycles. The molecule has 3 amide bonds. The van der Waals surface area contributed by atoms with E-state index in [-0.39, 0.29) is 29.6 Å². The molecule has 1 saturated carbocycles. The molecule has 0 unspecified atom stereocenters. The number of hydrazine groups is 1. The molecule has 5 rings (SSSR count). The van der Waals surface area contributed by atoms with E-state index < -0.39 is 34.5 Å². The summed E-state index contributed by atoms with van der Waals surface area (Å²) in [6.45, 7) is -0.109. The van der Waals surface area contributed by atoms with Crippen molar-refractivity contribution in [1.29, 1.82) is 0 Å². The first kappa shape index (κ1) is 20.4. The fraction of sp³-hybridized carbons (Fsp3) is 0.261. The van der Waals surface area contributed by atoms with Gasteiger partial charge in [-0.05, 0) is 42.0 Å². The smallest absolute Gasteiger partial charge is 0.272 e. The van der Waals surface area contributed by atoms with Gasteiger partial charge in [0.25, 0.3) is 23.4 Å². The molecule has 8 nitrogen and oxygen atoms in total. The number of nitro groups is 1. The lowest BCUT2D eigenvalue weighted by Gasteiger charge is -2.31. The molecule has 1 aliphatic heterocycles. The number of nitro benzene ring substituents is 1. The third-order valence-corrected chi connectivity index (χ3v) is 6.75. The lowest BCUT2D eigenvalue weighted by Crippen LogP contribution is -2.50. The number of para-hydroxylation sites is 1. The number of hydrogen-bond donors (Lipinski definition) is 0. The molecule has 162 valence electrons. The summed E-state index contributed by atoms with van der Waals surface area (Å²) in [5.74, 6) is -2.69. The van der Waals surface area contributed by atoms with Gasteiger partial charge in [0.2, 0.25) is 0 Å². The molecule has 2 aromatic rings. The number of benzene rings is 2. The molecule has 9 heteroatoms. The maximum atomic E-state index is 13.6. The van der Waals surface area contributed by atoms with E-state index in [4.69, 9.17) is 11.6 Å². The van der Waals surface area contributed by atoms with E-state index in [1.54, 1.807) is 24.3 Å². The Labute approximate surface area is 188 Å². The summed E-state index contributed by atoms with van der Waals surface area (Å²) < 4.78 is 0. The van der Waals surface area contributed by atoms with E-state index >= 15 is 0 Å². The van der Waals surface area contributed by atoms with Gasteiger partial charge in [-0.15, -0.1) is 0 Å². The quantitative estimate of drug-likeness (QED) is 0.299. The number of allylic oxidation sites excluding steroid dienone is 2. The van der Waals surface area contributed by atoms with Crippen molar-refractivity contribution < 1.29 is 19.3 Å². The van der Waals surface area contributed by atoms with Crippen molar-refractivity contribution in [2.45, 2.75) is 13.0 Å². The van der Waals surface area contributed by atoms with Gasteiger partial charge in [0.05, 0.1) is 23.3 Å². The Morgan fingerprint density at radius 2 is 1.62 bits per heavy atom. The lowest BCUT2D eigenvalue weighted by molar-refractivity contribution is -0.385. The van der Waals surface area contributed by atoms with Crippen LogP contribution in [0.5, 0.6) is 0 Å². The topological polar surface area (TPSA) is 101 Å². The average molecular weight is 452 g/mol. The number of rotatable bonds is 5. The molecule has 1 saturated heterocycles. The third kappa shape index (κ3) is 3.10. The Hall–Kier alpha value is -3.52. The standard InChI is InChI=1S/C23H18ClN3O5/c24-16-9-5-13(6-10-16)12-25(21(28)17-3-1-2-4-18(17)27(31)32)26-22(29)19-14-7-8-15(11-14)20(19)23(26)30/h1-10,14-15,19-20H,11-12H2/t14-,15-,19+,20+/m0/s1. The average Bonchev–Trinajstić information content (AvgIpc) is 3.47. The Morgan fingerprint density at radius 3 is 2.22 bits per heavy atom. The van der Waals surface area contributed by atoms with Crippen LogP contribution in [0, 0.1) is 33.8 Å². The number of amides is 3. The molecule has 3 aliphatic rings. The molecule has 0 spiro atoms. The van der Waals surface area contributed by atoms with Crippen molar-refractivity contribution in [1.82, 2.24) is 10.0 Å². The molecule has 2 bridgehead atoms. The molecule has 0 radical (unpaired) electrons. The fourth-order valence-corrected chi connectivity index (χ4v) is 5.20. The molecule has 2 aliphatic carbocycles. The van der Waals surface area contributed by atoms with Crippen molar-refractivity contribution >= 4 is 35.0 Å². The zero-order valence-electron chi connectivity index (χ0n) is 16.8. The zero-order valence-corrected chi connectivity index (χ0v) is 17.5. The maximum Gasteiger partial charge on any atom is 0.282 e. The summed E-state index contributed by atoms with van der Waals surface area (Å²) >= 11 is 5.96. The first-order valence-corrected chi connectivity index (χ1v) is 10.6. The highest BCUT2D eigenvalue weighted by molar-refractivity contribution is 6.30. The molecule has 2 fully saturated rings. The van der Waals surface area contributed by atoms with Crippen molar-refractivity contribution in [3.8, 4) is 0 Å². The molecule has 2 aromatic carbocycles. The van der Waals surface area contributed by atoms with Crippen LogP contribution in [0.15, 0.2) is 60.7 Å². The van der Waals surface area contributed by atoms with Gasteiger partial charge in [-0.25, -0.2) is 5.01 Å². The van der Waals surface area contributed by atoms with Gasteiger partial charge in [0, 0.05) is 11.1 Å². The van der Waals surface area contributed by atoms with Gasteiger partial charge in [0.15, 0.2) is 0 Å². The summed E-state index contributed by atoms with van der Waals surface area (Å²) in [6, 6.07) is 12.1. The summed E-state index contributed by atoms with van der Waals surface area (Å²) in [4.78, 5) is 51.1. The Kier molecular flexibility index (Phi) is 4.82. The summed E-state index contributed by atoms with van der Waals surface area (Å²) in [6.07, 6.45) is 4.69. The monoisotopic (exact) mass is 451 g/mol. The lowest BCUT2D eigenvalue weighted by atomic mass is 9.85.